The van der Waals surface area contributed by atoms with Gasteiger partial charge in [-0.2, -0.15) is 0 Å². The zero-order valence-electron chi connectivity index (χ0n) is 13.0. The van der Waals surface area contributed by atoms with Gasteiger partial charge in [-0.3, -0.25) is 4.79 Å². The molecule has 0 unspecified atom stereocenters. The largest absolute Gasteiger partial charge is 0.480 e. The highest BCUT2D eigenvalue weighted by molar-refractivity contribution is 5.82. The van der Waals surface area contributed by atoms with Crippen LogP contribution >= 0.6 is 0 Å². The van der Waals surface area contributed by atoms with Crippen molar-refractivity contribution < 1.29 is 14.7 Å². The SMILES string of the molecule is CC(=O)N[C@@H](Cc1c(C)c(C)c(C)c(C)c1C)C(=O)O. The van der Waals surface area contributed by atoms with Crippen molar-refractivity contribution in [3.05, 3.63) is 33.4 Å². The van der Waals surface area contributed by atoms with Crippen molar-refractivity contribution in [1.29, 1.82) is 0 Å². The molecule has 20 heavy (non-hydrogen) atoms. The van der Waals surface area contributed by atoms with Crippen LogP contribution in [0.1, 0.15) is 40.3 Å². The monoisotopic (exact) mass is 277 g/mol. The molecule has 0 saturated heterocycles. The van der Waals surface area contributed by atoms with E-state index in [4.69, 9.17) is 0 Å². The van der Waals surface area contributed by atoms with Crippen molar-refractivity contribution in [2.45, 2.75) is 54.0 Å². The fourth-order valence-electron chi connectivity index (χ4n) is 2.53. The van der Waals surface area contributed by atoms with Crippen molar-refractivity contribution in [2.24, 2.45) is 0 Å². The summed E-state index contributed by atoms with van der Waals surface area (Å²) in [6.07, 6.45) is 0.314. The Morgan fingerprint density at radius 1 is 0.950 bits per heavy atom. The molecule has 1 amide bonds. The van der Waals surface area contributed by atoms with Crippen molar-refractivity contribution in [3.8, 4) is 0 Å². The van der Waals surface area contributed by atoms with E-state index in [1.165, 1.54) is 23.6 Å². The van der Waals surface area contributed by atoms with E-state index in [0.29, 0.717) is 6.42 Å². The van der Waals surface area contributed by atoms with Gasteiger partial charge in [-0.05, 0) is 68.0 Å². The molecule has 0 saturated carbocycles. The highest BCUT2D eigenvalue weighted by Crippen LogP contribution is 2.27. The minimum Gasteiger partial charge on any atom is -0.480 e. The number of aliphatic carboxylic acids is 1. The molecule has 4 nitrogen and oxygen atoms in total. The number of carboxylic acids is 1. The lowest BCUT2D eigenvalue weighted by Gasteiger charge is -2.21. The zero-order valence-corrected chi connectivity index (χ0v) is 13.0. The Labute approximate surface area is 120 Å². The molecule has 0 spiro atoms. The first kappa shape index (κ1) is 16.2. The van der Waals surface area contributed by atoms with Gasteiger partial charge in [0.05, 0.1) is 0 Å². The lowest BCUT2D eigenvalue weighted by molar-refractivity contribution is -0.141. The van der Waals surface area contributed by atoms with Crippen LogP contribution in [0.5, 0.6) is 0 Å². The van der Waals surface area contributed by atoms with Gasteiger partial charge in [0.15, 0.2) is 0 Å². The first-order chi connectivity index (χ1) is 9.16. The smallest absolute Gasteiger partial charge is 0.326 e. The van der Waals surface area contributed by atoms with Gasteiger partial charge in [-0.15, -0.1) is 0 Å². The van der Waals surface area contributed by atoms with Crippen LogP contribution in [0.15, 0.2) is 0 Å². The van der Waals surface area contributed by atoms with Crippen LogP contribution < -0.4 is 5.32 Å². The number of carbonyl (C=O) groups excluding carboxylic acids is 1. The van der Waals surface area contributed by atoms with Gasteiger partial charge in [0, 0.05) is 13.3 Å². The van der Waals surface area contributed by atoms with Crippen LogP contribution in [0, 0.1) is 34.6 Å². The maximum absolute atomic E-state index is 11.3. The number of hydrogen-bond acceptors (Lipinski definition) is 2. The number of carboxylic acid groups (broad SMARTS) is 1. The van der Waals surface area contributed by atoms with Crippen LogP contribution in [0.2, 0.25) is 0 Å². The second-order valence-corrected chi connectivity index (χ2v) is 5.40. The van der Waals surface area contributed by atoms with Gasteiger partial charge in [-0.25, -0.2) is 4.79 Å². The minimum absolute atomic E-state index is 0.314. The minimum atomic E-state index is -1.00. The molecular formula is C16H23NO3. The molecule has 2 N–H and O–H groups in total. The van der Waals surface area contributed by atoms with Gasteiger partial charge in [0.2, 0.25) is 5.91 Å². The molecule has 1 atom stereocenters. The molecule has 0 fully saturated rings. The van der Waals surface area contributed by atoms with Gasteiger partial charge in [0.1, 0.15) is 6.04 Å². The van der Waals surface area contributed by atoms with E-state index in [1.807, 2.05) is 13.8 Å². The predicted molar refractivity (Wildman–Crippen MR) is 79.1 cm³/mol. The van der Waals surface area contributed by atoms with Gasteiger partial charge < -0.3 is 10.4 Å². The average Bonchev–Trinajstić information content (AvgIpc) is 2.37. The first-order valence-electron chi connectivity index (χ1n) is 6.72. The maximum atomic E-state index is 11.3. The number of carbonyl (C=O) groups is 2. The molecule has 0 aliphatic rings. The molecule has 0 heterocycles. The van der Waals surface area contributed by atoms with Crippen molar-refractivity contribution in [3.63, 3.8) is 0 Å². The van der Waals surface area contributed by atoms with Crippen LogP contribution in [0.3, 0.4) is 0 Å². The van der Waals surface area contributed by atoms with Crippen LogP contribution in [0.4, 0.5) is 0 Å². The summed E-state index contributed by atoms with van der Waals surface area (Å²) in [4.78, 5) is 22.4. The number of benzene rings is 1. The van der Waals surface area contributed by atoms with Crippen LogP contribution in [-0.2, 0) is 16.0 Å². The highest BCUT2D eigenvalue weighted by Gasteiger charge is 2.22. The summed E-state index contributed by atoms with van der Waals surface area (Å²) in [7, 11) is 0. The number of hydrogen-bond donors (Lipinski definition) is 2. The molecule has 0 aromatic heterocycles. The highest BCUT2D eigenvalue weighted by atomic mass is 16.4. The molecule has 0 radical (unpaired) electrons. The molecular weight excluding hydrogens is 254 g/mol. The summed E-state index contributed by atoms with van der Waals surface area (Å²) in [6.45, 7) is 11.5. The standard InChI is InChI=1S/C16H23NO3/c1-8-9(2)11(4)14(12(5)10(8)3)7-15(16(19)20)17-13(6)18/h15H,7H2,1-6H3,(H,17,18)(H,19,20)/t15-/m0/s1. The predicted octanol–water partition coefficient (Wildman–Crippen LogP) is 2.36. The Kier molecular flexibility index (Phi) is 4.93. The first-order valence-corrected chi connectivity index (χ1v) is 6.72. The van der Waals surface area contributed by atoms with Gasteiger partial charge in [-0.1, -0.05) is 0 Å². The maximum Gasteiger partial charge on any atom is 0.326 e. The molecule has 0 bridgehead atoms. The molecule has 0 aliphatic carbocycles. The summed E-state index contributed by atoms with van der Waals surface area (Å²) in [5.41, 5.74) is 6.87. The van der Waals surface area contributed by atoms with Gasteiger partial charge >= 0.3 is 5.97 Å². The molecule has 110 valence electrons. The van der Waals surface area contributed by atoms with E-state index in [2.05, 4.69) is 26.1 Å². The number of nitrogens with one attached hydrogen (secondary N) is 1. The quantitative estimate of drug-likeness (QED) is 0.888. The molecule has 1 aromatic rings. The Morgan fingerprint density at radius 2 is 1.35 bits per heavy atom. The summed E-state index contributed by atoms with van der Waals surface area (Å²) in [5.74, 6) is -1.33. The third-order valence-corrected chi connectivity index (χ3v) is 4.24. The Hall–Kier alpha value is -1.84. The van der Waals surface area contributed by atoms with E-state index < -0.39 is 12.0 Å². The topological polar surface area (TPSA) is 66.4 Å². The Balaban J connectivity index is 3.26. The summed E-state index contributed by atoms with van der Waals surface area (Å²) >= 11 is 0. The third kappa shape index (κ3) is 3.18. The molecule has 1 aromatic carbocycles. The molecule has 4 heteroatoms. The molecule has 1 rings (SSSR count). The van der Waals surface area contributed by atoms with Crippen molar-refractivity contribution >= 4 is 11.9 Å². The number of amides is 1. The van der Waals surface area contributed by atoms with Crippen LogP contribution in [-0.4, -0.2) is 23.0 Å². The second-order valence-electron chi connectivity index (χ2n) is 5.40. The molecule has 0 aliphatic heterocycles. The fourth-order valence-corrected chi connectivity index (χ4v) is 2.53. The summed E-state index contributed by atoms with van der Waals surface area (Å²) in [5, 5.41) is 11.7. The fraction of sp³-hybridized carbons (Fsp3) is 0.500. The van der Waals surface area contributed by atoms with Crippen molar-refractivity contribution in [1.82, 2.24) is 5.32 Å². The van der Waals surface area contributed by atoms with E-state index in [9.17, 15) is 14.7 Å². The summed E-state index contributed by atoms with van der Waals surface area (Å²) in [6, 6.07) is -0.883. The third-order valence-electron chi connectivity index (χ3n) is 4.24. The zero-order chi connectivity index (χ0) is 15.6. The lowest BCUT2D eigenvalue weighted by atomic mass is 9.87. The Morgan fingerprint density at radius 3 is 1.70 bits per heavy atom. The number of rotatable bonds is 4. The lowest BCUT2D eigenvalue weighted by Crippen LogP contribution is -2.41. The van der Waals surface area contributed by atoms with Crippen molar-refractivity contribution in [2.75, 3.05) is 0 Å². The van der Waals surface area contributed by atoms with E-state index in [-0.39, 0.29) is 5.91 Å². The Bertz CT molecular complexity index is 532. The average molecular weight is 277 g/mol. The van der Waals surface area contributed by atoms with E-state index in [0.717, 1.165) is 16.7 Å². The normalized spacial score (nSPS) is 12.1. The van der Waals surface area contributed by atoms with E-state index in [1.54, 1.807) is 0 Å². The summed E-state index contributed by atoms with van der Waals surface area (Å²) < 4.78 is 0. The second kappa shape index (κ2) is 6.07. The van der Waals surface area contributed by atoms with Gasteiger partial charge in [0.25, 0.3) is 0 Å². The van der Waals surface area contributed by atoms with Crippen LogP contribution in [0.25, 0.3) is 0 Å². The van der Waals surface area contributed by atoms with E-state index >= 15 is 0 Å².